The lowest BCUT2D eigenvalue weighted by atomic mass is 10.1. The number of hydrogen-bond donors (Lipinski definition) is 1. The molecule has 1 amide bonds. The lowest BCUT2D eigenvalue weighted by Crippen LogP contribution is -2.42. The van der Waals surface area contributed by atoms with Crippen LogP contribution in [0.25, 0.3) is 0 Å². The molecule has 0 saturated carbocycles. The number of amides is 1. The lowest BCUT2D eigenvalue weighted by Gasteiger charge is -2.29. The van der Waals surface area contributed by atoms with Crippen molar-refractivity contribution in [3.05, 3.63) is 17.3 Å². The largest absolute Gasteiger partial charge is 0.436 e. The molecule has 1 saturated heterocycles. The van der Waals surface area contributed by atoms with Gasteiger partial charge in [-0.05, 0) is 19.8 Å². The van der Waals surface area contributed by atoms with Crippen LogP contribution >= 0.6 is 0 Å². The number of aromatic nitrogens is 1. The van der Waals surface area contributed by atoms with Crippen LogP contribution < -0.4 is 0 Å². The van der Waals surface area contributed by atoms with E-state index in [-0.39, 0.29) is 5.91 Å². The van der Waals surface area contributed by atoms with E-state index in [9.17, 15) is 9.90 Å². The zero-order chi connectivity index (χ0) is 11.7. The van der Waals surface area contributed by atoms with Gasteiger partial charge in [-0.25, -0.2) is 4.98 Å². The highest BCUT2D eigenvalue weighted by molar-refractivity contribution is 5.92. The molecule has 1 atom stereocenters. The summed E-state index contributed by atoms with van der Waals surface area (Å²) in [5.74, 6) is 0.627. The van der Waals surface area contributed by atoms with Crippen LogP contribution in [0.3, 0.4) is 0 Å². The van der Waals surface area contributed by atoms with Crippen LogP contribution in [0.1, 0.15) is 35.0 Å². The second-order valence-corrected chi connectivity index (χ2v) is 4.19. The van der Waals surface area contributed by atoms with Gasteiger partial charge in [0.15, 0.2) is 5.89 Å². The smallest absolute Gasteiger partial charge is 0.291 e. The summed E-state index contributed by atoms with van der Waals surface area (Å²) in [6, 6.07) is 0. The summed E-state index contributed by atoms with van der Waals surface area (Å²) < 4.78 is 5.28. The first-order valence-electron chi connectivity index (χ1n) is 5.49. The van der Waals surface area contributed by atoms with E-state index in [1.807, 2.05) is 0 Å². The number of aliphatic hydroxyl groups excluding tert-OH is 1. The molecule has 5 nitrogen and oxygen atoms in total. The van der Waals surface area contributed by atoms with E-state index < -0.39 is 6.10 Å². The summed E-state index contributed by atoms with van der Waals surface area (Å²) in [5.41, 5.74) is 0.613. The number of rotatable bonds is 1. The maximum atomic E-state index is 12.1. The molecule has 0 radical (unpaired) electrons. The quantitative estimate of drug-likeness (QED) is 0.769. The number of aliphatic hydroxyl groups is 1. The average Bonchev–Trinajstić information content (AvgIpc) is 2.57. The van der Waals surface area contributed by atoms with Crippen LogP contribution in [0.15, 0.2) is 4.42 Å². The van der Waals surface area contributed by atoms with Crippen LogP contribution in [0, 0.1) is 13.8 Å². The molecule has 1 aliphatic heterocycles. The van der Waals surface area contributed by atoms with Crippen LogP contribution in [-0.4, -0.2) is 40.1 Å². The molecule has 2 heterocycles. The van der Waals surface area contributed by atoms with Gasteiger partial charge in [0, 0.05) is 20.0 Å². The Kier molecular flexibility index (Phi) is 2.96. The minimum Gasteiger partial charge on any atom is -0.436 e. The third kappa shape index (κ3) is 2.09. The van der Waals surface area contributed by atoms with Crippen LogP contribution in [-0.2, 0) is 0 Å². The Labute approximate surface area is 94.1 Å². The molecule has 1 aromatic heterocycles. The van der Waals surface area contributed by atoms with Crippen LogP contribution in [0.4, 0.5) is 0 Å². The fraction of sp³-hybridized carbons (Fsp3) is 0.636. The first-order valence-corrected chi connectivity index (χ1v) is 5.49. The summed E-state index contributed by atoms with van der Waals surface area (Å²) in [6.45, 7) is 4.53. The number of nitrogens with zero attached hydrogens (tertiary/aromatic N) is 2. The van der Waals surface area contributed by atoms with Crippen LogP contribution in [0.2, 0.25) is 0 Å². The van der Waals surface area contributed by atoms with Crippen molar-refractivity contribution in [3.63, 3.8) is 0 Å². The van der Waals surface area contributed by atoms with Gasteiger partial charge in [0.05, 0.1) is 11.8 Å². The predicted octanol–water partition coefficient (Wildman–Crippen LogP) is 0.888. The number of oxazole rings is 1. The van der Waals surface area contributed by atoms with Crippen LogP contribution in [0.5, 0.6) is 0 Å². The Morgan fingerprint density at radius 3 is 2.88 bits per heavy atom. The number of piperidine rings is 1. The molecule has 5 heteroatoms. The SMILES string of the molecule is Cc1nc(C)c(C(=O)N2CCCC(O)C2)o1. The van der Waals surface area contributed by atoms with Gasteiger partial charge in [-0.1, -0.05) is 0 Å². The Morgan fingerprint density at radius 1 is 1.56 bits per heavy atom. The average molecular weight is 224 g/mol. The standard InChI is InChI=1S/C11H16N2O3/c1-7-10(16-8(2)12-7)11(15)13-5-3-4-9(14)6-13/h9,14H,3-6H2,1-2H3. The van der Waals surface area contributed by atoms with E-state index in [1.165, 1.54) is 0 Å². The molecule has 1 aliphatic rings. The normalized spacial score (nSPS) is 21.2. The van der Waals surface area contributed by atoms with E-state index in [2.05, 4.69) is 4.98 Å². The molecule has 1 N–H and O–H groups in total. The van der Waals surface area contributed by atoms with E-state index in [4.69, 9.17) is 4.42 Å². The van der Waals surface area contributed by atoms with Crippen molar-refractivity contribution < 1.29 is 14.3 Å². The first-order chi connectivity index (χ1) is 7.58. The van der Waals surface area contributed by atoms with Gasteiger partial charge in [-0.15, -0.1) is 0 Å². The van der Waals surface area contributed by atoms with E-state index >= 15 is 0 Å². The molecule has 16 heavy (non-hydrogen) atoms. The summed E-state index contributed by atoms with van der Waals surface area (Å²) in [6.07, 6.45) is 1.18. The molecule has 2 rings (SSSR count). The monoisotopic (exact) mass is 224 g/mol. The number of β-amino-alcohol motifs (C(OH)–C–C–N with tert-alkyl or cyclic N) is 1. The third-order valence-corrected chi connectivity index (χ3v) is 2.78. The maximum Gasteiger partial charge on any atom is 0.291 e. The van der Waals surface area contributed by atoms with E-state index in [0.717, 1.165) is 12.8 Å². The summed E-state index contributed by atoms with van der Waals surface area (Å²) in [7, 11) is 0. The molecule has 0 aromatic carbocycles. The maximum absolute atomic E-state index is 12.1. The molecule has 1 unspecified atom stereocenters. The van der Waals surface area contributed by atoms with Gasteiger partial charge in [0.2, 0.25) is 5.76 Å². The Balaban J connectivity index is 2.15. The minimum atomic E-state index is -0.415. The van der Waals surface area contributed by atoms with Crippen molar-refractivity contribution in [3.8, 4) is 0 Å². The van der Waals surface area contributed by atoms with Gasteiger partial charge in [-0.2, -0.15) is 0 Å². The lowest BCUT2D eigenvalue weighted by molar-refractivity contribution is 0.0446. The van der Waals surface area contributed by atoms with Crippen molar-refractivity contribution in [1.82, 2.24) is 9.88 Å². The predicted molar refractivity (Wildman–Crippen MR) is 57.1 cm³/mol. The van der Waals surface area contributed by atoms with Crippen molar-refractivity contribution >= 4 is 5.91 Å². The molecular formula is C11H16N2O3. The molecule has 0 aliphatic carbocycles. The third-order valence-electron chi connectivity index (χ3n) is 2.78. The van der Waals surface area contributed by atoms with Crippen molar-refractivity contribution in [2.45, 2.75) is 32.8 Å². The highest BCUT2D eigenvalue weighted by Gasteiger charge is 2.26. The fourth-order valence-corrected chi connectivity index (χ4v) is 2.01. The summed E-state index contributed by atoms with van der Waals surface area (Å²) >= 11 is 0. The number of aryl methyl sites for hydroxylation is 2. The van der Waals surface area contributed by atoms with E-state index in [0.29, 0.717) is 30.4 Å². The molecule has 0 spiro atoms. The zero-order valence-corrected chi connectivity index (χ0v) is 9.56. The summed E-state index contributed by atoms with van der Waals surface area (Å²) in [5, 5.41) is 9.51. The van der Waals surface area contributed by atoms with Crippen molar-refractivity contribution in [1.29, 1.82) is 0 Å². The Bertz CT molecular complexity index is 400. The van der Waals surface area contributed by atoms with Crippen molar-refractivity contribution in [2.75, 3.05) is 13.1 Å². The van der Waals surface area contributed by atoms with Gasteiger partial charge in [0.25, 0.3) is 5.91 Å². The molecular weight excluding hydrogens is 208 g/mol. The number of carbonyl (C=O) groups is 1. The minimum absolute atomic E-state index is 0.170. The first kappa shape index (κ1) is 11.1. The van der Waals surface area contributed by atoms with Gasteiger partial charge >= 0.3 is 0 Å². The number of carbonyl (C=O) groups excluding carboxylic acids is 1. The molecule has 1 aromatic rings. The van der Waals surface area contributed by atoms with Gasteiger partial charge < -0.3 is 14.4 Å². The Hall–Kier alpha value is -1.36. The number of hydrogen-bond acceptors (Lipinski definition) is 4. The highest BCUT2D eigenvalue weighted by atomic mass is 16.4. The highest BCUT2D eigenvalue weighted by Crippen LogP contribution is 2.16. The number of likely N-dealkylation sites (tertiary alicyclic amines) is 1. The van der Waals surface area contributed by atoms with Gasteiger partial charge in [-0.3, -0.25) is 4.79 Å². The second-order valence-electron chi connectivity index (χ2n) is 4.19. The zero-order valence-electron chi connectivity index (χ0n) is 9.56. The van der Waals surface area contributed by atoms with Gasteiger partial charge in [0.1, 0.15) is 0 Å². The molecule has 1 fully saturated rings. The molecule has 88 valence electrons. The van der Waals surface area contributed by atoms with E-state index in [1.54, 1.807) is 18.7 Å². The topological polar surface area (TPSA) is 66.6 Å². The second kappa shape index (κ2) is 4.25. The Morgan fingerprint density at radius 2 is 2.31 bits per heavy atom. The van der Waals surface area contributed by atoms with Crippen molar-refractivity contribution in [2.24, 2.45) is 0 Å². The fourth-order valence-electron chi connectivity index (χ4n) is 2.01. The molecule has 0 bridgehead atoms. The summed E-state index contributed by atoms with van der Waals surface area (Å²) in [4.78, 5) is 17.8.